The summed E-state index contributed by atoms with van der Waals surface area (Å²) < 4.78 is 22.7. The fraction of sp³-hybridized carbons (Fsp3) is 0.533. The number of anilines is 1. The minimum atomic E-state index is -3.75. The van der Waals surface area contributed by atoms with Crippen molar-refractivity contribution in [1.82, 2.24) is 0 Å². The van der Waals surface area contributed by atoms with Gasteiger partial charge in [-0.15, -0.1) is 0 Å². The number of halogens is 1. The van der Waals surface area contributed by atoms with Gasteiger partial charge in [0.1, 0.15) is 0 Å². The van der Waals surface area contributed by atoms with E-state index in [1.54, 1.807) is 19.1 Å². The Labute approximate surface area is 130 Å². The van der Waals surface area contributed by atoms with Crippen molar-refractivity contribution in [3.05, 3.63) is 23.8 Å². The van der Waals surface area contributed by atoms with Crippen molar-refractivity contribution in [1.29, 1.82) is 0 Å². The highest BCUT2D eigenvalue weighted by atomic mass is 35.7. The molecule has 1 aliphatic carbocycles. The van der Waals surface area contributed by atoms with E-state index < -0.39 is 9.05 Å². The Bertz CT molecular complexity index is 649. The lowest BCUT2D eigenvalue weighted by Crippen LogP contribution is -2.35. The summed E-state index contributed by atoms with van der Waals surface area (Å²) in [5.74, 6) is 0.00285. The molecule has 1 aliphatic rings. The number of nitrogens with one attached hydrogen (secondary N) is 1. The van der Waals surface area contributed by atoms with E-state index in [1.807, 2.05) is 6.92 Å². The Morgan fingerprint density at radius 1 is 1.24 bits per heavy atom. The normalized spacial score (nSPS) is 18.2. The summed E-state index contributed by atoms with van der Waals surface area (Å²) in [5.41, 5.74) is 0.800. The van der Waals surface area contributed by atoms with Crippen LogP contribution in [-0.4, -0.2) is 14.3 Å². The SMILES string of the molecule is Cc1cc(NC(=O)C2(C)CCCCC2)ccc1S(=O)(=O)Cl. The zero-order valence-corrected chi connectivity index (χ0v) is 13.9. The lowest BCUT2D eigenvalue weighted by Gasteiger charge is -2.32. The van der Waals surface area contributed by atoms with Crippen LogP contribution < -0.4 is 5.32 Å². The number of hydrogen-bond donors (Lipinski definition) is 1. The second kappa shape index (κ2) is 5.97. The third-order valence-electron chi connectivity index (χ3n) is 4.20. The maximum Gasteiger partial charge on any atom is 0.261 e. The van der Waals surface area contributed by atoms with E-state index in [1.165, 1.54) is 12.5 Å². The minimum absolute atomic E-state index is 0.00285. The molecule has 0 radical (unpaired) electrons. The highest BCUT2D eigenvalue weighted by Crippen LogP contribution is 2.37. The zero-order valence-electron chi connectivity index (χ0n) is 12.3. The number of carbonyl (C=O) groups excluding carboxylic acids is 1. The molecular formula is C15H20ClNO3S. The van der Waals surface area contributed by atoms with Crippen LogP contribution in [0.2, 0.25) is 0 Å². The summed E-state index contributed by atoms with van der Waals surface area (Å²) in [7, 11) is 1.60. The fourth-order valence-corrected chi connectivity index (χ4v) is 4.04. The number of carbonyl (C=O) groups is 1. The lowest BCUT2D eigenvalue weighted by atomic mass is 9.75. The van der Waals surface area contributed by atoms with Gasteiger partial charge >= 0.3 is 0 Å². The van der Waals surface area contributed by atoms with Crippen molar-refractivity contribution in [3.63, 3.8) is 0 Å². The highest BCUT2D eigenvalue weighted by Gasteiger charge is 2.34. The molecule has 0 aliphatic heterocycles. The quantitative estimate of drug-likeness (QED) is 0.857. The molecule has 21 heavy (non-hydrogen) atoms. The summed E-state index contributed by atoms with van der Waals surface area (Å²) >= 11 is 0. The molecule has 2 rings (SSSR count). The first-order valence-electron chi connectivity index (χ1n) is 7.09. The van der Waals surface area contributed by atoms with E-state index in [0.717, 1.165) is 25.7 Å². The van der Waals surface area contributed by atoms with Crippen molar-refractivity contribution in [3.8, 4) is 0 Å². The molecule has 1 amide bonds. The number of benzene rings is 1. The average Bonchev–Trinajstić information content (AvgIpc) is 2.38. The molecule has 0 aromatic heterocycles. The Hall–Kier alpha value is -1.07. The molecule has 0 atom stereocenters. The highest BCUT2D eigenvalue weighted by molar-refractivity contribution is 8.13. The van der Waals surface area contributed by atoms with Crippen LogP contribution in [0.3, 0.4) is 0 Å². The number of aryl methyl sites for hydroxylation is 1. The summed E-state index contributed by atoms with van der Waals surface area (Å²) in [6.07, 6.45) is 5.13. The van der Waals surface area contributed by atoms with Gasteiger partial charge in [-0.2, -0.15) is 0 Å². The summed E-state index contributed by atoms with van der Waals surface area (Å²) in [6.45, 7) is 3.65. The zero-order chi connectivity index (χ0) is 15.7. The molecule has 4 nitrogen and oxygen atoms in total. The average molecular weight is 330 g/mol. The van der Waals surface area contributed by atoms with Crippen LogP contribution in [0.5, 0.6) is 0 Å². The van der Waals surface area contributed by atoms with E-state index in [2.05, 4.69) is 5.32 Å². The summed E-state index contributed by atoms with van der Waals surface area (Å²) in [4.78, 5) is 12.5. The second-order valence-corrected chi connectivity index (χ2v) is 8.53. The van der Waals surface area contributed by atoms with E-state index >= 15 is 0 Å². The molecule has 6 heteroatoms. The first-order chi connectivity index (χ1) is 9.72. The Morgan fingerprint density at radius 3 is 2.38 bits per heavy atom. The molecule has 0 saturated heterocycles. The van der Waals surface area contributed by atoms with Crippen LogP contribution in [0.25, 0.3) is 0 Å². The van der Waals surface area contributed by atoms with Gasteiger partial charge in [-0.05, 0) is 43.5 Å². The van der Waals surface area contributed by atoms with E-state index in [9.17, 15) is 13.2 Å². The first-order valence-corrected chi connectivity index (χ1v) is 9.40. The van der Waals surface area contributed by atoms with Gasteiger partial charge in [0, 0.05) is 21.8 Å². The second-order valence-electron chi connectivity index (χ2n) is 5.99. The van der Waals surface area contributed by atoms with Crippen molar-refractivity contribution in [2.45, 2.75) is 50.8 Å². The summed E-state index contributed by atoms with van der Waals surface area (Å²) in [5, 5.41) is 2.89. The van der Waals surface area contributed by atoms with E-state index in [0.29, 0.717) is 11.3 Å². The van der Waals surface area contributed by atoms with Gasteiger partial charge in [0.05, 0.1) is 4.90 Å². The van der Waals surface area contributed by atoms with Gasteiger partial charge in [0.15, 0.2) is 0 Å². The van der Waals surface area contributed by atoms with Gasteiger partial charge in [0.2, 0.25) is 5.91 Å². The van der Waals surface area contributed by atoms with Crippen LogP contribution in [0.15, 0.2) is 23.1 Å². The third kappa shape index (κ3) is 3.77. The Balaban J connectivity index is 2.17. The fourth-order valence-electron chi connectivity index (χ4n) is 2.84. The molecule has 0 unspecified atom stereocenters. The molecule has 1 aromatic rings. The van der Waals surface area contributed by atoms with Gasteiger partial charge < -0.3 is 5.32 Å². The van der Waals surface area contributed by atoms with Gasteiger partial charge in [-0.3, -0.25) is 4.79 Å². The van der Waals surface area contributed by atoms with Crippen LogP contribution in [-0.2, 0) is 13.8 Å². The monoisotopic (exact) mass is 329 g/mol. The van der Waals surface area contributed by atoms with Crippen LogP contribution in [0.1, 0.15) is 44.6 Å². The van der Waals surface area contributed by atoms with Gasteiger partial charge in [-0.25, -0.2) is 8.42 Å². The van der Waals surface area contributed by atoms with Crippen LogP contribution >= 0.6 is 10.7 Å². The molecule has 1 fully saturated rings. The van der Waals surface area contributed by atoms with Crippen LogP contribution in [0, 0.1) is 12.3 Å². The molecule has 1 N–H and O–H groups in total. The van der Waals surface area contributed by atoms with Crippen molar-refractivity contribution < 1.29 is 13.2 Å². The maximum absolute atomic E-state index is 12.4. The predicted octanol–water partition coefficient (Wildman–Crippen LogP) is 3.83. The standard InChI is InChI=1S/C15H20ClNO3S/c1-11-10-12(6-7-13(11)21(16,19)20)17-14(18)15(2)8-4-3-5-9-15/h6-7,10H,3-5,8-9H2,1-2H3,(H,17,18). The van der Waals surface area contributed by atoms with Gasteiger partial charge in [-0.1, -0.05) is 26.2 Å². The molecule has 1 aromatic carbocycles. The van der Waals surface area contributed by atoms with Crippen LogP contribution in [0.4, 0.5) is 5.69 Å². The van der Waals surface area contributed by atoms with E-state index in [-0.39, 0.29) is 16.2 Å². The summed E-state index contributed by atoms with van der Waals surface area (Å²) in [6, 6.07) is 4.64. The topological polar surface area (TPSA) is 63.2 Å². The number of amides is 1. The number of rotatable bonds is 3. The maximum atomic E-state index is 12.4. The molecule has 0 bridgehead atoms. The predicted molar refractivity (Wildman–Crippen MR) is 84.0 cm³/mol. The van der Waals surface area contributed by atoms with Crippen molar-refractivity contribution in [2.24, 2.45) is 5.41 Å². The van der Waals surface area contributed by atoms with E-state index in [4.69, 9.17) is 10.7 Å². The molecule has 0 heterocycles. The Morgan fingerprint density at radius 2 is 1.86 bits per heavy atom. The number of hydrogen-bond acceptors (Lipinski definition) is 3. The smallest absolute Gasteiger partial charge is 0.261 e. The van der Waals surface area contributed by atoms with Crippen molar-refractivity contribution in [2.75, 3.05) is 5.32 Å². The van der Waals surface area contributed by atoms with Crippen molar-refractivity contribution >= 4 is 31.3 Å². The molecular weight excluding hydrogens is 310 g/mol. The first kappa shape index (κ1) is 16.3. The molecule has 1 saturated carbocycles. The minimum Gasteiger partial charge on any atom is -0.326 e. The largest absolute Gasteiger partial charge is 0.326 e. The lowest BCUT2D eigenvalue weighted by molar-refractivity contribution is -0.126. The molecule has 0 spiro atoms. The Kier molecular flexibility index (Phi) is 4.63. The third-order valence-corrected chi connectivity index (χ3v) is 5.68. The molecule has 116 valence electrons. The van der Waals surface area contributed by atoms with Gasteiger partial charge in [0.25, 0.3) is 9.05 Å².